The first-order valence-electron chi connectivity index (χ1n) is 12.4. The second-order valence-corrected chi connectivity index (χ2v) is 11.3. The smallest absolute Gasteiger partial charge is 0.271 e. The highest BCUT2D eigenvalue weighted by Crippen LogP contribution is 2.38. The lowest BCUT2D eigenvalue weighted by Crippen LogP contribution is -2.28. The van der Waals surface area contributed by atoms with Crippen LogP contribution >= 0.6 is 46.6 Å². The SMILES string of the molecule is Cc1ccc(NC(=O)COc2ccc(/C=C3\SC(=Nc4ccc(Cl)cc4)N(c4ccc(Cl)cc4)C3=O)cc2)cc1Cl. The van der Waals surface area contributed by atoms with E-state index in [1.807, 2.05) is 25.1 Å². The Balaban J connectivity index is 1.30. The molecule has 41 heavy (non-hydrogen) atoms. The van der Waals surface area contributed by atoms with Gasteiger partial charge in [-0.25, -0.2) is 4.99 Å². The van der Waals surface area contributed by atoms with Crippen molar-refractivity contribution in [3.05, 3.63) is 122 Å². The molecule has 5 rings (SSSR count). The largest absolute Gasteiger partial charge is 0.484 e. The van der Waals surface area contributed by atoms with E-state index in [9.17, 15) is 9.59 Å². The van der Waals surface area contributed by atoms with Gasteiger partial charge >= 0.3 is 0 Å². The molecular formula is C31H22Cl3N3O3S. The molecule has 0 unspecified atom stereocenters. The van der Waals surface area contributed by atoms with Gasteiger partial charge in [0.15, 0.2) is 11.8 Å². The van der Waals surface area contributed by atoms with Crippen molar-refractivity contribution in [1.82, 2.24) is 0 Å². The maximum absolute atomic E-state index is 13.5. The monoisotopic (exact) mass is 621 g/mol. The maximum atomic E-state index is 13.5. The Bertz CT molecular complexity index is 1660. The van der Waals surface area contributed by atoms with Gasteiger partial charge in [0.1, 0.15) is 5.75 Å². The van der Waals surface area contributed by atoms with Gasteiger partial charge in [-0.1, -0.05) is 53.0 Å². The quantitative estimate of drug-likeness (QED) is 0.209. The number of hydrogen-bond acceptors (Lipinski definition) is 5. The zero-order chi connectivity index (χ0) is 28.9. The summed E-state index contributed by atoms with van der Waals surface area (Å²) in [5.74, 6) is -0.000440. The molecule has 4 aromatic carbocycles. The number of benzene rings is 4. The first-order valence-corrected chi connectivity index (χ1v) is 14.3. The van der Waals surface area contributed by atoms with Gasteiger partial charge < -0.3 is 10.1 Å². The summed E-state index contributed by atoms with van der Waals surface area (Å²) in [6, 6.07) is 26.5. The average molecular weight is 623 g/mol. The molecule has 0 atom stereocenters. The van der Waals surface area contributed by atoms with Crippen LogP contribution in [0.2, 0.25) is 15.1 Å². The molecule has 10 heteroatoms. The number of carbonyl (C=O) groups excluding carboxylic acids is 2. The van der Waals surface area contributed by atoms with Gasteiger partial charge in [-0.05, 0) is 109 Å². The van der Waals surface area contributed by atoms with Crippen LogP contribution in [0.15, 0.2) is 101 Å². The molecule has 0 aromatic heterocycles. The Morgan fingerprint density at radius 1 is 0.927 bits per heavy atom. The standard InChI is InChI=1S/C31H22Cl3N3O3S/c1-19-2-9-24(17-27(19)34)35-29(38)18-40-26-14-3-20(4-15-26)16-28-30(39)37(25-12-7-22(33)8-13-25)31(41-28)36-23-10-5-21(32)6-11-23/h2-17H,18H2,1H3,(H,35,38)/b28-16-,36-31?. The van der Waals surface area contributed by atoms with Crippen LogP contribution in [-0.2, 0) is 9.59 Å². The Labute approximate surface area is 256 Å². The molecule has 206 valence electrons. The second kappa shape index (κ2) is 12.8. The lowest BCUT2D eigenvalue weighted by Gasteiger charge is -2.15. The van der Waals surface area contributed by atoms with Gasteiger partial charge in [0, 0.05) is 20.8 Å². The summed E-state index contributed by atoms with van der Waals surface area (Å²) in [5, 5.41) is 5.01. The third-order valence-electron chi connectivity index (χ3n) is 5.95. The number of hydrogen-bond donors (Lipinski definition) is 1. The summed E-state index contributed by atoms with van der Waals surface area (Å²) >= 11 is 19.5. The minimum Gasteiger partial charge on any atom is -0.484 e. The van der Waals surface area contributed by atoms with Crippen LogP contribution in [0.3, 0.4) is 0 Å². The van der Waals surface area contributed by atoms with E-state index in [0.29, 0.717) is 48.0 Å². The highest BCUT2D eigenvalue weighted by Gasteiger charge is 2.34. The van der Waals surface area contributed by atoms with Crippen LogP contribution in [0, 0.1) is 6.92 Å². The fourth-order valence-corrected chi connectivity index (χ4v) is 5.25. The summed E-state index contributed by atoms with van der Waals surface area (Å²) in [5.41, 5.74) is 3.63. The van der Waals surface area contributed by atoms with Gasteiger partial charge in [-0.3, -0.25) is 14.5 Å². The molecule has 1 N–H and O–H groups in total. The van der Waals surface area contributed by atoms with E-state index in [0.717, 1.165) is 11.1 Å². The molecule has 0 radical (unpaired) electrons. The number of nitrogens with zero attached hydrogens (tertiary/aromatic N) is 2. The van der Waals surface area contributed by atoms with Crippen molar-refractivity contribution in [2.24, 2.45) is 4.99 Å². The average Bonchev–Trinajstić information content (AvgIpc) is 3.26. The van der Waals surface area contributed by atoms with E-state index in [1.54, 1.807) is 83.8 Å². The molecule has 1 fully saturated rings. The first kappa shape index (κ1) is 28.8. The minimum atomic E-state index is -0.307. The molecule has 0 bridgehead atoms. The zero-order valence-electron chi connectivity index (χ0n) is 21.6. The van der Waals surface area contributed by atoms with Crippen molar-refractivity contribution < 1.29 is 14.3 Å². The van der Waals surface area contributed by atoms with Crippen molar-refractivity contribution in [3.63, 3.8) is 0 Å². The highest BCUT2D eigenvalue weighted by atomic mass is 35.5. The molecule has 0 aliphatic carbocycles. The number of aliphatic imine (C=N–C) groups is 1. The summed E-state index contributed by atoms with van der Waals surface area (Å²) < 4.78 is 5.63. The number of halogens is 3. The highest BCUT2D eigenvalue weighted by molar-refractivity contribution is 8.19. The fourth-order valence-electron chi connectivity index (χ4n) is 3.82. The Hall–Kier alpha value is -3.75. The predicted molar refractivity (Wildman–Crippen MR) is 170 cm³/mol. The fraction of sp³-hybridized carbons (Fsp3) is 0.0645. The van der Waals surface area contributed by atoms with Gasteiger partial charge in [-0.15, -0.1) is 0 Å². The lowest BCUT2D eigenvalue weighted by atomic mass is 10.2. The van der Waals surface area contributed by atoms with Crippen molar-refractivity contribution >= 4 is 86.7 Å². The van der Waals surface area contributed by atoms with Crippen LogP contribution in [0.25, 0.3) is 6.08 Å². The summed E-state index contributed by atoms with van der Waals surface area (Å²) in [4.78, 5) is 32.6. The van der Waals surface area contributed by atoms with E-state index >= 15 is 0 Å². The molecule has 0 spiro atoms. The molecule has 1 heterocycles. The number of amides is 2. The van der Waals surface area contributed by atoms with Gasteiger partial charge in [0.05, 0.1) is 16.3 Å². The van der Waals surface area contributed by atoms with Crippen LogP contribution in [0.4, 0.5) is 17.1 Å². The van der Waals surface area contributed by atoms with Crippen LogP contribution in [0.1, 0.15) is 11.1 Å². The molecule has 0 saturated carbocycles. The molecule has 6 nitrogen and oxygen atoms in total. The topological polar surface area (TPSA) is 71.0 Å². The van der Waals surface area contributed by atoms with Crippen LogP contribution in [0.5, 0.6) is 5.75 Å². The molecule has 1 saturated heterocycles. The number of nitrogens with one attached hydrogen (secondary N) is 1. The number of amidine groups is 1. The number of rotatable bonds is 7. The van der Waals surface area contributed by atoms with E-state index in [1.165, 1.54) is 11.8 Å². The summed E-state index contributed by atoms with van der Waals surface area (Å²) in [6.07, 6.45) is 1.79. The first-order chi connectivity index (χ1) is 19.7. The number of aryl methyl sites for hydroxylation is 1. The maximum Gasteiger partial charge on any atom is 0.271 e. The van der Waals surface area contributed by atoms with Crippen LogP contribution in [-0.4, -0.2) is 23.6 Å². The summed E-state index contributed by atoms with van der Waals surface area (Å²) in [6.45, 7) is 1.72. The molecule has 2 amide bonds. The number of anilines is 2. The lowest BCUT2D eigenvalue weighted by molar-refractivity contribution is -0.118. The third kappa shape index (κ3) is 7.31. The summed E-state index contributed by atoms with van der Waals surface area (Å²) in [7, 11) is 0. The number of thioether (sulfide) groups is 1. The van der Waals surface area contributed by atoms with E-state index in [-0.39, 0.29) is 18.4 Å². The molecule has 1 aliphatic heterocycles. The van der Waals surface area contributed by atoms with Crippen molar-refractivity contribution in [3.8, 4) is 5.75 Å². The van der Waals surface area contributed by atoms with Crippen molar-refractivity contribution in [1.29, 1.82) is 0 Å². The Kier molecular flexibility index (Phi) is 9.00. The zero-order valence-corrected chi connectivity index (χ0v) is 24.7. The Morgan fingerprint density at radius 2 is 1.59 bits per heavy atom. The number of ether oxygens (including phenoxy) is 1. The Morgan fingerprint density at radius 3 is 2.24 bits per heavy atom. The molecule has 1 aliphatic rings. The molecular weight excluding hydrogens is 601 g/mol. The van der Waals surface area contributed by atoms with Crippen molar-refractivity contribution in [2.45, 2.75) is 6.92 Å². The van der Waals surface area contributed by atoms with Crippen LogP contribution < -0.4 is 15.0 Å². The van der Waals surface area contributed by atoms with E-state index < -0.39 is 0 Å². The van der Waals surface area contributed by atoms with Gasteiger partial charge in [0.25, 0.3) is 11.8 Å². The predicted octanol–water partition coefficient (Wildman–Crippen LogP) is 8.78. The normalized spacial score (nSPS) is 15.0. The minimum absolute atomic E-state index is 0.166. The second-order valence-electron chi connectivity index (χ2n) is 8.97. The van der Waals surface area contributed by atoms with Crippen molar-refractivity contribution in [2.75, 3.05) is 16.8 Å². The van der Waals surface area contributed by atoms with Gasteiger partial charge in [-0.2, -0.15) is 0 Å². The van der Waals surface area contributed by atoms with E-state index in [2.05, 4.69) is 5.32 Å². The molecule has 4 aromatic rings. The number of carbonyl (C=O) groups is 2. The van der Waals surface area contributed by atoms with E-state index in [4.69, 9.17) is 44.5 Å². The van der Waals surface area contributed by atoms with Gasteiger partial charge in [0.2, 0.25) is 0 Å². The third-order valence-corrected chi connectivity index (χ3v) is 7.83.